The molecular weight excluding hydrogens is 476 g/mol. The van der Waals surface area contributed by atoms with E-state index in [0.717, 1.165) is 61.9 Å². The first-order valence-corrected chi connectivity index (χ1v) is 12.8. The van der Waals surface area contributed by atoms with Crippen molar-refractivity contribution in [3.05, 3.63) is 53.7 Å². The Kier molecular flexibility index (Phi) is 7.02. The van der Waals surface area contributed by atoms with Crippen LogP contribution in [0.3, 0.4) is 0 Å². The molecule has 0 atom stereocenters. The van der Waals surface area contributed by atoms with Crippen molar-refractivity contribution >= 4 is 28.9 Å². The summed E-state index contributed by atoms with van der Waals surface area (Å²) in [6.45, 7) is 9.83. The van der Waals surface area contributed by atoms with E-state index in [1.54, 1.807) is 7.11 Å². The smallest absolute Gasteiger partial charge is 0.143 e. The summed E-state index contributed by atoms with van der Waals surface area (Å²) in [6, 6.07) is 5.83. The molecule has 0 aliphatic carbocycles. The fourth-order valence-corrected chi connectivity index (χ4v) is 5.30. The summed E-state index contributed by atoms with van der Waals surface area (Å²) in [5, 5.41) is 0.585. The van der Waals surface area contributed by atoms with Crippen LogP contribution in [0.15, 0.2) is 37.3 Å². The number of nitrogen functional groups attached to an aromatic ring is 1. The van der Waals surface area contributed by atoms with E-state index in [4.69, 9.17) is 32.8 Å². The van der Waals surface area contributed by atoms with Crippen LogP contribution in [-0.4, -0.2) is 64.3 Å². The van der Waals surface area contributed by atoms with Crippen molar-refractivity contribution in [3.8, 4) is 17.0 Å². The summed E-state index contributed by atoms with van der Waals surface area (Å²) in [5.41, 5.74) is 15.0. The van der Waals surface area contributed by atoms with E-state index in [1.807, 2.05) is 18.2 Å². The molecule has 10 heteroatoms. The van der Waals surface area contributed by atoms with Gasteiger partial charge >= 0.3 is 0 Å². The first-order valence-electron chi connectivity index (χ1n) is 12.4. The highest BCUT2D eigenvalue weighted by Gasteiger charge is 2.28. The molecule has 190 valence electrons. The van der Waals surface area contributed by atoms with E-state index in [9.17, 15) is 0 Å². The molecule has 4 N–H and O–H groups in total. The van der Waals surface area contributed by atoms with E-state index in [-0.39, 0.29) is 0 Å². The van der Waals surface area contributed by atoms with Gasteiger partial charge in [0.15, 0.2) is 0 Å². The average molecular weight is 509 g/mol. The number of anilines is 2. The largest absolute Gasteiger partial charge is 0.495 e. The maximum atomic E-state index is 6.42. The predicted molar refractivity (Wildman–Crippen MR) is 144 cm³/mol. The van der Waals surface area contributed by atoms with E-state index in [1.165, 1.54) is 25.8 Å². The van der Waals surface area contributed by atoms with Crippen LogP contribution >= 0.6 is 11.6 Å². The minimum atomic E-state index is 0.337. The van der Waals surface area contributed by atoms with Gasteiger partial charge in [-0.15, -0.1) is 0 Å². The van der Waals surface area contributed by atoms with E-state index in [2.05, 4.69) is 37.1 Å². The van der Waals surface area contributed by atoms with Gasteiger partial charge in [-0.05, 0) is 50.6 Å². The minimum absolute atomic E-state index is 0.337. The summed E-state index contributed by atoms with van der Waals surface area (Å²) in [4.78, 5) is 18.4. The average Bonchev–Trinajstić information content (AvgIpc) is 3.27. The van der Waals surface area contributed by atoms with Gasteiger partial charge in [0, 0.05) is 49.6 Å². The Hall–Kier alpha value is -3.30. The minimum Gasteiger partial charge on any atom is -0.495 e. The van der Waals surface area contributed by atoms with Crippen LogP contribution < -0.4 is 21.1 Å². The number of imidazole rings is 1. The van der Waals surface area contributed by atoms with E-state index in [0.29, 0.717) is 33.8 Å². The first-order chi connectivity index (χ1) is 17.4. The third-order valence-electron chi connectivity index (χ3n) is 7.20. The monoisotopic (exact) mass is 508 g/mol. The fraction of sp³-hybridized carbons (Fsp3) is 0.423. The first kappa shape index (κ1) is 24.4. The van der Waals surface area contributed by atoms with Gasteiger partial charge in [-0.25, -0.2) is 15.0 Å². The van der Waals surface area contributed by atoms with Crippen molar-refractivity contribution in [2.45, 2.75) is 31.7 Å². The second-order valence-electron chi connectivity index (χ2n) is 9.47. The Morgan fingerprint density at radius 1 is 1.17 bits per heavy atom. The number of hydrogen-bond donors (Lipinski definition) is 2. The predicted octanol–water partition coefficient (Wildman–Crippen LogP) is 3.60. The van der Waals surface area contributed by atoms with Crippen molar-refractivity contribution in [2.75, 3.05) is 50.5 Å². The van der Waals surface area contributed by atoms with Crippen LogP contribution in [0.4, 0.5) is 11.6 Å². The van der Waals surface area contributed by atoms with Gasteiger partial charge in [-0.1, -0.05) is 18.2 Å². The number of likely N-dealkylation sites (tertiary alicyclic amines) is 1. The summed E-state index contributed by atoms with van der Waals surface area (Å²) in [5.74, 6) is 3.24. The quantitative estimate of drug-likeness (QED) is 0.474. The maximum absolute atomic E-state index is 6.42. The molecule has 1 aromatic carbocycles. The zero-order valence-corrected chi connectivity index (χ0v) is 21.4. The van der Waals surface area contributed by atoms with Gasteiger partial charge in [0.1, 0.15) is 29.5 Å². The number of halogens is 1. The Morgan fingerprint density at radius 2 is 1.94 bits per heavy atom. The van der Waals surface area contributed by atoms with Gasteiger partial charge in [0.2, 0.25) is 0 Å². The van der Waals surface area contributed by atoms with Crippen molar-refractivity contribution in [3.63, 3.8) is 0 Å². The lowest BCUT2D eigenvalue weighted by atomic mass is 9.95. The number of piperidine rings is 1. The number of hydrogen-bond acceptors (Lipinski definition) is 8. The molecule has 2 saturated heterocycles. The molecule has 0 spiro atoms. The van der Waals surface area contributed by atoms with Gasteiger partial charge in [0.05, 0.1) is 23.4 Å². The lowest BCUT2D eigenvalue weighted by Gasteiger charge is -2.34. The Balaban J connectivity index is 1.38. The topological polar surface area (TPSA) is 111 Å². The van der Waals surface area contributed by atoms with Gasteiger partial charge < -0.3 is 30.6 Å². The highest BCUT2D eigenvalue weighted by Crippen LogP contribution is 2.35. The molecule has 0 bridgehead atoms. The summed E-state index contributed by atoms with van der Waals surface area (Å²) in [6.07, 6.45) is 6.84. The Morgan fingerprint density at radius 3 is 2.58 bits per heavy atom. The molecule has 2 fully saturated rings. The lowest BCUT2D eigenvalue weighted by molar-refractivity contribution is 0.173. The van der Waals surface area contributed by atoms with Crippen LogP contribution in [0, 0.1) is 0 Å². The molecule has 9 nitrogen and oxygen atoms in total. The molecular formula is C26H33ClN8O. The summed E-state index contributed by atoms with van der Waals surface area (Å²) >= 11 is 6.42. The van der Waals surface area contributed by atoms with Crippen LogP contribution in [-0.2, 0) is 6.54 Å². The zero-order valence-electron chi connectivity index (χ0n) is 20.7. The molecule has 5 rings (SSSR count). The highest BCUT2D eigenvalue weighted by atomic mass is 35.5. The summed E-state index contributed by atoms with van der Waals surface area (Å²) in [7, 11) is 1.62. The molecule has 36 heavy (non-hydrogen) atoms. The molecule has 2 aromatic heterocycles. The number of benzene rings is 1. The molecule has 0 unspecified atom stereocenters. The van der Waals surface area contributed by atoms with Crippen molar-refractivity contribution in [2.24, 2.45) is 5.73 Å². The van der Waals surface area contributed by atoms with Crippen molar-refractivity contribution in [1.82, 2.24) is 24.4 Å². The lowest BCUT2D eigenvalue weighted by Crippen LogP contribution is -2.39. The Bertz CT molecular complexity index is 1250. The highest BCUT2D eigenvalue weighted by molar-refractivity contribution is 6.32. The molecule has 0 saturated carbocycles. The number of aromatic nitrogens is 4. The fourth-order valence-electron chi connectivity index (χ4n) is 5.04. The molecule has 2 aliphatic heterocycles. The number of nitrogens with two attached hydrogens (primary N) is 2. The molecule has 0 radical (unpaired) electrons. The zero-order chi connectivity index (χ0) is 25.2. The molecule has 4 heterocycles. The number of ether oxygens (including phenoxy) is 1. The second kappa shape index (κ2) is 10.4. The standard InChI is InChI=1S/C26H33ClN8O/c1-17(28)23-24(29)30-16-31-26(23)34-10-6-18(7-11-34)25-32-21(15-35(25)13-12-33-8-3-9-33)19-4-5-22(36-2)20(27)14-19/h4-5,14-16,18H,1,3,6-13,28H2,2H3,(H2,29,30,31). The van der Waals surface area contributed by atoms with Crippen LogP contribution in [0.1, 0.15) is 36.6 Å². The third-order valence-corrected chi connectivity index (χ3v) is 7.49. The van der Waals surface area contributed by atoms with Crippen molar-refractivity contribution < 1.29 is 4.74 Å². The van der Waals surface area contributed by atoms with Crippen LogP contribution in [0.5, 0.6) is 5.75 Å². The van der Waals surface area contributed by atoms with Gasteiger partial charge in [-0.3, -0.25) is 0 Å². The molecule has 3 aromatic rings. The SMILES string of the molecule is C=C(N)c1c(N)ncnc1N1CCC(c2nc(-c3ccc(OC)c(Cl)c3)cn2CCN2CCC2)CC1. The molecule has 0 amide bonds. The maximum Gasteiger partial charge on any atom is 0.143 e. The van der Waals surface area contributed by atoms with E-state index < -0.39 is 0 Å². The Labute approximate surface area is 216 Å². The normalized spacial score (nSPS) is 16.7. The van der Waals surface area contributed by atoms with Gasteiger partial charge in [-0.2, -0.15) is 0 Å². The van der Waals surface area contributed by atoms with Crippen LogP contribution in [0.25, 0.3) is 17.0 Å². The second-order valence-corrected chi connectivity index (χ2v) is 9.87. The molecule has 2 aliphatic rings. The third kappa shape index (κ3) is 4.85. The number of rotatable bonds is 8. The van der Waals surface area contributed by atoms with Crippen molar-refractivity contribution in [1.29, 1.82) is 0 Å². The van der Waals surface area contributed by atoms with Crippen LogP contribution in [0.2, 0.25) is 5.02 Å². The van der Waals surface area contributed by atoms with E-state index >= 15 is 0 Å². The van der Waals surface area contributed by atoms with Gasteiger partial charge in [0.25, 0.3) is 0 Å². The number of methoxy groups -OCH3 is 1. The summed E-state index contributed by atoms with van der Waals surface area (Å²) < 4.78 is 7.66. The number of nitrogens with zero attached hydrogens (tertiary/aromatic N) is 6.